The van der Waals surface area contributed by atoms with Gasteiger partial charge in [0.15, 0.2) is 0 Å². The average Bonchev–Trinajstić information content (AvgIpc) is 2.80. The first kappa shape index (κ1) is 16.9. The number of nitrogens with zero attached hydrogens (tertiary/aromatic N) is 2. The molecule has 2 aliphatic heterocycles. The van der Waals surface area contributed by atoms with E-state index in [1.165, 1.54) is 12.1 Å². The summed E-state index contributed by atoms with van der Waals surface area (Å²) in [6, 6.07) is 6.12. The topological polar surface area (TPSA) is 84.0 Å². The van der Waals surface area contributed by atoms with Gasteiger partial charge in [0, 0.05) is 18.5 Å². The van der Waals surface area contributed by atoms with E-state index in [1.807, 2.05) is 13.8 Å². The molecule has 0 aromatic heterocycles. The molecular formula is C16H20N2O5S. The van der Waals surface area contributed by atoms with Crippen LogP contribution in [-0.4, -0.2) is 56.2 Å². The van der Waals surface area contributed by atoms with Gasteiger partial charge < -0.3 is 9.64 Å². The summed E-state index contributed by atoms with van der Waals surface area (Å²) in [5.41, 5.74) is 0.329. The molecule has 0 N–H and O–H groups in total. The minimum Gasteiger partial charge on any atom is -0.377 e. The van der Waals surface area contributed by atoms with Gasteiger partial charge in [0.25, 0.3) is 5.91 Å². The fourth-order valence-corrected chi connectivity index (χ4v) is 4.46. The predicted octanol–water partition coefficient (Wildman–Crippen LogP) is 1.00. The van der Waals surface area contributed by atoms with Crippen LogP contribution < -0.4 is 4.31 Å². The number of amides is 2. The molecule has 1 aromatic rings. The molecule has 24 heavy (non-hydrogen) atoms. The number of carbonyl (C=O) groups excluding carboxylic acids is 2. The molecule has 0 saturated carbocycles. The highest BCUT2D eigenvalue weighted by molar-refractivity contribution is 7.94. The molecule has 2 heterocycles. The van der Waals surface area contributed by atoms with Gasteiger partial charge in [-0.3, -0.25) is 9.59 Å². The number of ether oxygens (including phenoxy) is 1. The van der Waals surface area contributed by atoms with Crippen molar-refractivity contribution in [1.82, 2.24) is 4.90 Å². The summed E-state index contributed by atoms with van der Waals surface area (Å²) < 4.78 is 30.1. The molecule has 0 atom stereocenters. The lowest BCUT2D eigenvalue weighted by Gasteiger charge is -2.42. The van der Waals surface area contributed by atoms with E-state index in [1.54, 1.807) is 17.0 Å². The van der Waals surface area contributed by atoms with Crippen molar-refractivity contribution >= 4 is 27.5 Å². The molecule has 0 spiro atoms. The van der Waals surface area contributed by atoms with Crippen molar-refractivity contribution in [3.63, 3.8) is 0 Å². The van der Waals surface area contributed by atoms with E-state index in [0.29, 0.717) is 25.3 Å². The van der Waals surface area contributed by atoms with Crippen molar-refractivity contribution in [2.45, 2.75) is 25.8 Å². The zero-order valence-corrected chi connectivity index (χ0v) is 14.5. The fraction of sp³-hybridized carbons (Fsp3) is 0.500. The zero-order chi connectivity index (χ0) is 17.5. The van der Waals surface area contributed by atoms with E-state index in [0.717, 1.165) is 4.31 Å². The average molecular weight is 352 g/mol. The minimum atomic E-state index is -3.59. The van der Waals surface area contributed by atoms with Crippen LogP contribution in [0.2, 0.25) is 0 Å². The molecule has 2 aliphatic rings. The van der Waals surface area contributed by atoms with Crippen LogP contribution in [-0.2, 0) is 19.6 Å². The first-order chi connectivity index (χ1) is 11.2. The normalized spacial score (nSPS) is 22.7. The number of anilines is 1. The summed E-state index contributed by atoms with van der Waals surface area (Å²) in [6.07, 6.45) is -0.00895. The van der Waals surface area contributed by atoms with Crippen molar-refractivity contribution in [2.75, 3.05) is 29.8 Å². The van der Waals surface area contributed by atoms with E-state index < -0.39 is 21.5 Å². The van der Waals surface area contributed by atoms with Crippen LogP contribution in [0.15, 0.2) is 24.3 Å². The smallest absolute Gasteiger partial charge is 0.254 e. The van der Waals surface area contributed by atoms with Gasteiger partial charge in [-0.05, 0) is 38.1 Å². The van der Waals surface area contributed by atoms with Gasteiger partial charge in [0.2, 0.25) is 15.9 Å². The second-order valence-corrected chi connectivity index (χ2v) is 8.53. The lowest BCUT2D eigenvalue weighted by Crippen LogP contribution is -2.55. The monoisotopic (exact) mass is 352 g/mol. The molecule has 2 fully saturated rings. The lowest BCUT2D eigenvalue weighted by atomic mass is 10.0. The number of morpholine rings is 1. The number of hydrogen-bond donors (Lipinski definition) is 0. The summed E-state index contributed by atoms with van der Waals surface area (Å²) in [5.74, 6) is -0.747. The van der Waals surface area contributed by atoms with Gasteiger partial charge in [-0.25, -0.2) is 12.7 Å². The van der Waals surface area contributed by atoms with E-state index in [-0.39, 0.29) is 23.8 Å². The second kappa shape index (κ2) is 5.86. The van der Waals surface area contributed by atoms with Crippen LogP contribution >= 0.6 is 0 Å². The molecular weight excluding hydrogens is 332 g/mol. The highest BCUT2D eigenvalue weighted by Gasteiger charge is 2.37. The van der Waals surface area contributed by atoms with Crippen LogP contribution in [0.5, 0.6) is 0 Å². The highest BCUT2D eigenvalue weighted by Crippen LogP contribution is 2.27. The summed E-state index contributed by atoms with van der Waals surface area (Å²) in [7, 11) is -3.59. The lowest BCUT2D eigenvalue weighted by molar-refractivity contribution is -0.116. The van der Waals surface area contributed by atoms with Crippen LogP contribution in [0.4, 0.5) is 5.69 Å². The zero-order valence-electron chi connectivity index (χ0n) is 13.7. The Morgan fingerprint density at radius 3 is 2.42 bits per heavy atom. The SMILES string of the molecule is CC1(C)COCCN1C(=O)c1ccc(N2C(=O)CCS2(=O)=O)cc1. The molecule has 0 radical (unpaired) electrons. The Morgan fingerprint density at radius 1 is 1.21 bits per heavy atom. The van der Waals surface area contributed by atoms with Crippen molar-refractivity contribution < 1.29 is 22.7 Å². The van der Waals surface area contributed by atoms with Gasteiger partial charge in [-0.15, -0.1) is 0 Å². The van der Waals surface area contributed by atoms with Crippen molar-refractivity contribution in [2.24, 2.45) is 0 Å². The molecule has 0 aliphatic carbocycles. The number of carbonyl (C=O) groups is 2. The second-order valence-electron chi connectivity index (χ2n) is 6.59. The summed E-state index contributed by atoms with van der Waals surface area (Å²) in [5, 5.41) is 0. The summed E-state index contributed by atoms with van der Waals surface area (Å²) in [6.45, 7) is 5.35. The first-order valence-corrected chi connectivity index (χ1v) is 9.39. The van der Waals surface area contributed by atoms with Crippen molar-refractivity contribution in [1.29, 1.82) is 0 Å². The van der Waals surface area contributed by atoms with Crippen LogP contribution in [0.1, 0.15) is 30.6 Å². The van der Waals surface area contributed by atoms with Crippen molar-refractivity contribution in [3.8, 4) is 0 Å². The Bertz CT molecular complexity index is 770. The molecule has 130 valence electrons. The molecule has 2 amide bonds. The quantitative estimate of drug-likeness (QED) is 0.793. The van der Waals surface area contributed by atoms with E-state index >= 15 is 0 Å². The largest absolute Gasteiger partial charge is 0.377 e. The Labute approximate surface area is 141 Å². The summed E-state index contributed by atoms with van der Waals surface area (Å²) in [4.78, 5) is 26.3. The molecule has 7 nitrogen and oxygen atoms in total. The predicted molar refractivity (Wildman–Crippen MR) is 88.3 cm³/mol. The van der Waals surface area contributed by atoms with Crippen LogP contribution in [0.3, 0.4) is 0 Å². The number of sulfonamides is 1. The maximum atomic E-state index is 12.7. The van der Waals surface area contributed by atoms with E-state index in [9.17, 15) is 18.0 Å². The third kappa shape index (κ3) is 2.91. The van der Waals surface area contributed by atoms with Crippen molar-refractivity contribution in [3.05, 3.63) is 29.8 Å². The van der Waals surface area contributed by atoms with Crippen LogP contribution in [0.25, 0.3) is 0 Å². The molecule has 3 rings (SSSR count). The standard InChI is InChI=1S/C16H20N2O5S/c1-16(2)11-23-9-8-17(16)15(20)12-3-5-13(6-4-12)18-14(19)7-10-24(18,21)22/h3-6H,7-11H2,1-2H3. The Balaban J connectivity index is 1.85. The summed E-state index contributed by atoms with van der Waals surface area (Å²) >= 11 is 0. The van der Waals surface area contributed by atoms with Gasteiger partial charge in [-0.1, -0.05) is 0 Å². The Morgan fingerprint density at radius 2 is 1.88 bits per heavy atom. The minimum absolute atomic E-state index is 0.00895. The van der Waals surface area contributed by atoms with Gasteiger partial charge in [-0.2, -0.15) is 0 Å². The third-order valence-electron chi connectivity index (χ3n) is 4.32. The fourth-order valence-electron chi connectivity index (χ4n) is 3.00. The maximum absolute atomic E-state index is 12.7. The number of benzene rings is 1. The Hall–Kier alpha value is -1.93. The number of rotatable bonds is 2. The molecule has 0 unspecified atom stereocenters. The molecule has 8 heteroatoms. The highest BCUT2D eigenvalue weighted by atomic mass is 32.2. The molecule has 0 bridgehead atoms. The van der Waals surface area contributed by atoms with Crippen LogP contribution in [0, 0.1) is 0 Å². The third-order valence-corrected chi connectivity index (χ3v) is 6.01. The van der Waals surface area contributed by atoms with Gasteiger partial charge in [0.05, 0.1) is 30.2 Å². The molecule has 1 aromatic carbocycles. The maximum Gasteiger partial charge on any atom is 0.254 e. The molecule has 2 saturated heterocycles. The number of hydrogen-bond acceptors (Lipinski definition) is 5. The first-order valence-electron chi connectivity index (χ1n) is 7.78. The van der Waals surface area contributed by atoms with E-state index in [2.05, 4.69) is 0 Å². The van der Waals surface area contributed by atoms with Gasteiger partial charge in [0.1, 0.15) is 0 Å². The van der Waals surface area contributed by atoms with E-state index in [4.69, 9.17) is 4.74 Å². The Kier molecular flexibility index (Phi) is 4.13. The van der Waals surface area contributed by atoms with Gasteiger partial charge >= 0.3 is 0 Å².